The number of hydrogen-bond donors (Lipinski definition) is 0. The molecule has 1 fully saturated rings. The lowest BCUT2D eigenvalue weighted by Gasteiger charge is -2.08. The monoisotopic (exact) mass is 354 g/mol. The molecule has 22 heavy (non-hydrogen) atoms. The Labute approximate surface area is 146 Å². The summed E-state index contributed by atoms with van der Waals surface area (Å²) in [7, 11) is 1.65. The Bertz CT molecular complexity index is 684. The summed E-state index contributed by atoms with van der Waals surface area (Å²) < 4.78 is 4.40. The molecule has 0 amide bonds. The Hall–Kier alpha value is -0.890. The molecule has 3 rings (SSSR count). The third kappa shape index (κ3) is 2.60. The highest BCUT2D eigenvalue weighted by molar-refractivity contribution is 6.52. The molecule has 0 heterocycles. The molecule has 1 aliphatic carbocycles. The van der Waals surface area contributed by atoms with E-state index in [1.807, 2.05) is 37.3 Å². The van der Waals surface area contributed by atoms with Crippen molar-refractivity contribution in [2.45, 2.75) is 30.0 Å². The third-order valence-corrected chi connectivity index (χ3v) is 5.85. The van der Waals surface area contributed by atoms with Gasteiger partial charge in [-0.25, -0.2) is 0 Å². The lowest BCUT2D eigenvalue weighted by molar-refractivity contribution is 0.414. The Morgan fingerprint density at radius 2 is 1.55 bits per heavy atom. The summed E-state index contributed by atoms with van der Waals surface area (Å²) in [4.78, 5) is 0. The fourth-order valence-electron chi connectivity index (χ4n) is 2.99. The van der Waals surface area contributed by atoms with Crippen molar-refractivity contribution < 1.29 is 4.74 Å². The molecule has 0 radical (unpaired) electrons. The van der Waals surface area contributed by atoms with Gasteiger partial charge in [-0.15, -0.1) is 23.2 Å². The van der Waals surface area contributed by atoms with Gasteiger partial charge in [0.25, 0.3) is 0 Å². The molecule has 0 aliphatic heterocycles. The highest BCUT2D eigenvalue weighted by atomic mass is 35.5. The Balaban J connectivity index is 1.95. The largest absolute Gasteiger partial charge is 0.497 e. The van der Waals surface area contributed by atoms with Crippen molar-refractivity contribution in [3.8, 4) is 5.75 Å². The van der Waals surface area contributed by atoms with Crippen LogP contribution in [0.25, 0.3) is 0 Å². The first-order valence-electron chi connectivity index (χ1n) is 7.14. The maximum Gasteiger partial charge on any atom is 0.133 e. The minimum Gasteiger partial charge on any atom is -0.497 e. The van der Waals surface area contributed by atoms with E-state index < -0.39 is 4.33 Å². The summed E-state index contributed by atoms with van der Waals surface area (Å²) in [5.41, 5.74) is 4.47. The van der Waals surface area contributed by atoms with Crippen LogP contribution in [-0.2, 0) is 0 Å². The zero-order chi connectivity index (χ0) is 16.1. The van der Waals surface area contributed by atoms with Crippen LogP contribution < -0.4 is 4.74 Å². The number of rotatable bonds is 3. The molecule has 4 heteroatoms. The van der Waals surface area contributed by atoms with Gasteiger partial charge in [-0.05, 0) is 54.3 Å². The van der Waals surface area contributed by atoms with Crippen LogP contribution >= 0.6 is 34.8 Å². The molecule has 1 nitrogen and oxygen atoms in total. The van der Waals surface area contributed by atoms with Gasteiger partial charge in [0, 0.05) is 16.9 Å². The zero-order valence-electron chi connectivity index (χ0n) is 12.7. The van der Waals surface area contributed by atoms with Crippen LogP contribution in [0, 0.1) is 13.8 Å². The molecular formula is C18H17Cl3O. The molecule has 0 saturated heterocycles. The predicted molar refractivity (Wildman–Crippen MR) is 93.8 cm³/mol. The second kappa shape index (κ2) is 5.63. The van der Waals surface area contributed by atoms with Crippen LogP contribution in [0.1, 0.15) is 34.1 Å². The van der Waals surface area contributed by atoms with E-state index in [0.717, 1.165) is 33.0 Å². The molecule has 116 valence electrons. The number of benzene rings is 2. The first-order valence-corrected chi connectivity index (χ1v) is 8.28. The summed E-state index contributed by atoms with van der Waals surface area (Å²) in [6, 6.07) is 12.0. The van der Waals surface area contributed by atoms with E-state index in [2.05, 4.69) is 13.0 Å². The van der Waals surface area contributed by atoms with Crippen LogP contribution in [-0.4, -0.2) is 11.4 Å². The summed E-state index contributed by atoms with van der Waals surface area (Å²) in [5.74, 6) is 0.950. The summed E-state index contributed by atoms with van der Waals surface area (Å²) in [5, 5.41) is 0.763. The van der Waals surface area contributed by atoms with Crippen LogP contribution in [0.15, 0.2) is 36.4 Å². The molecule has 0 bridgehead atoms. The van der Waals surface area contributed by atoms with Crippen molar-refractivity contribution >= 4 is 34.8 Å². The van der Waals surface area contributed by atoms with Gasteiger partial charge in [-0.3, -0.25) is 0 Å². The molecule has 0 spiro atoms. The van der Waals surface area contributed by atoms with Crippen molar-refractivity contribution in [2.75, 3.05) is 7.11 Å². The summed E-state index contributed by atoms with van der Waals surface area (Å²) in [6.07, 6.45) is 0. The average molecular weight is 356 g/mol. The molecule has 1 saturated carbocycles. The minimum atomic E-state index is -0.792. The standard InChI is InChI=1S/C18H17Cl3O/c1-10-8-13(9-15(19)11(10)2)17-16(18(17,20)21)12-4-6-14(22-3)7-5-12/h4-9,16-17H,1-3H3. The van der Waals surface area contributed by atoms with E-state index in [1.165, 1.54) is 0 Å². The van der Waals surface area contributed by atoms with Gasteiger partial charge < -0.3 is 4.74 Å². The molecule has 2 atom stereocenters. The van der Waals surface area contributed by atoms with Crippen LogP contribution in [0.3, 0.4) is 0 Å². The quantitative estimate of drug-likeness (QED) is 0.612. The highest BCUT2D eigenvalue weighted by Gasteiger charge is 2.64. The van der Waals surface area contributed by atoms with Crippen LogP contribution in [0.4, 0.5) is 0 Å². The van der Waals surface area contributed by atoms with E-state index in [4.69, 9.17) is 39.5 Å². The van der Waals surface area contributed by atoms with Crippen molar-refractivity contribution in [3.05, 3.63) is 63.7 Å². The van der Waals surface area contributed by atoms with Crippen molar-refractivity contribution in [2.24, 2.45) is 0 Å². The first-order chi connectivity index (χ1) is 10.4. The van der Waals surface area contributed by atoms with Crippen molar-refractivity contribution in [1.29, 1.82) is 0 Å². The lowest BCUT2D eigenvalue weighted by atomic mass is 10.0. The average Bonchev–Trinajstić information content (AvgIpc) is 3.07. The van der Waals surface area contributed by atoms with E-state index in [-0.39, 0.29) is 11.8 Å². The Kier molecular flexibility index (Phi) is 4.09. The second-order valence-electron chi connectivity index (χ2n) is 5.85. The fourth-order valence-corrected chi connectivity index (χ4v) is 4.15. The van der Waals surface area contributed by atoms with E-state index in [1.54, 1.807) is 7.11 Å². The van der Waals surface area contributed by atoms with Gasteiger partial charge in [0.05, 0.1) is 7.11 Å². The van der Waals surface area contributed by atoms with E-state index in [9.17, 15) is 0 Å². The summed E-state index contributed by atoms with van der Waals surface area (Å²) in [6.45, 7) is 4.07. The zero-order valence-corrected chi connectivity index (χ0v) is 14.9. The molecule has 2 aromatic carbocycles. The number of alkyl halides is 2. The lowest BCUT2D eigenvalue weighted by Crippen LogP contribution is -1.93. The maximum absolute atomic E-state index is 6.55. The fraction of sp³-hybridized carbons (Fsp3) is 0.333. The number of methoxy groups -OCH3 is 1. The highest BCUT2D eigenvalue weighted by Crippen LogP contribution is 2.70. The van der Waals surface area contributed by atoms with Gasteiger partial charge in [0.1, 0.15) is 10.1 Å². The smallest absolute Gasteiger partial charge is 0.133 e. The molecule has 1 aliphatic rings. The van der Waals surface area contributed by atoms with Crippen LogP contribution in [0.5, 0.6) is 5.75 Å². The number of ether oxygens (including phenoxy) is 1. The third-order valence-electron chi connectivity index (χ3n) is 4.51. The van der Waals surface area contributed by atoms with Gasteiger partial charge >= 0.3 is 0 Å². The maximum atomic E-state index is 6.55. The molecular weight excluding hydrogens is 339 g/mol. The normalized spacial score (nSPS) is 22.5. The molecule has 2 aromatic rings. The van der Waals surface area contributed by atoms with E-state index in [0.29, 0.717) is 0 Å². The minimum absolute atomic E-state index is 0.0565. The topological polar surface area (TPSA) is 9.23 Å². The van der Waals surface area contributed by atoms with E-state index >= 15 is 0 Å². The molecule has 0 aromatic heterocycles. The van der Waals surface area contributed by atoms with Gasteiger partial charge in [-0.1, -0.05) is 29.8 Å². The van der Waals surface area contributed by atoms with Gasteiger partial charge in [0.2, 0.25) is 0 Å². The SMILES string of the molecule is COc1ccc(C2C(c3cc(C)c(C)c(Cl)c3)C2(Cl)Cl)cc1. The van der Waals surface area contributed by atoms with Crippen LogP contribution in [0.2, 0.25) is 5.02 Å². The Morgan fingerprint density at radius 3 is 2.09 bits per heavy atom. The summed E-state index contributed by atoms with van der Waals surface area (Å²) >= 11 is 19.4. The van der Waals surface area contributed by atoms with Crippen molar-refractivity contribution in [3.63, 3.8) is 0 Å². The van der Waals surface area contributed by atoms with Gasteiger partial charge in [0.15, 0.2) is 0 Å². The molecule has 2 unspecified atom stereocenters. The Morgan fingerprint density at radius 1 is 0.955 bits per heavy atom. The predicted octanol–water partition coefficient (Wildman–Crippen LogP) is 6.02. The number of halogens is 3. The number of aryl methyl sites for hydroxylation is 1. The first kappa shape index (κ1) is 16.0. The van der Waals surface area contributed by atoms with Crippen molar-refractivity contribution in [1.82, 2.24) is 0 Å². The second-order valence-corrected chi connectivity index (χ2v) is 7.70. The van der Waals surface area contributed by atoms with Gasteiger partial charge in [-0.2, -0.15) is 0 Å². The molecule has 0 N–H and O–H groups in total. The number of hydrogen-bond acceptors (Lipinski definition) is 1.